The average molecular weight is 343 g/mol. The molecule has 132 valence electrons. The highest BCUT2D eigenvalue weighted by Gasteiger charge is 2.28. The number of aromatic nitrogens is 1. The van der Waals surface area contributed by atoms with Gasteiger partial charge >= 0.3 is 6.03 Å². The normalized spacial score (nSPS) is 17.9. The Hall–Kier alpha value is -2.47. The van der Waals surface area contributed by atoms with E-state index >= 15 is 0 Å². The van der Waals surface area contributed by atoms with Gasteiger partial charge in [-0.1, -0.05) is 18.2 Å². The molecule has 0 saturated carbocycles. The molecule has 1 aliphatic rings. The van der Waals surface area contributed by atoms with Crippen LogP contribution in [0.2, 0.25) is 0 Å². The lowest BCUT2D eigenvalue weighted by atomic mass is 9.99. The van der Waals surface area contributed by atoms with E-state index in [9.17, 15) is 9.18 Å². The number of carbonyl (C=O) groups is 1. The summed E-state index contributed by atoms with van der Waals surface area (Å²) in [6.07, 6.45) is 4.14. The van der Waals surface area contributed by atoms with Crippen LogP contribution >= 0.6 is 0 Å². The van der Waals surface area contributed by atoms with Crippen molar-refractivity contribution < 1.29 is 13.9 Å². The predicted octanol–water partition coefficient (Wildman–Crippen LogP) is 2.98. The molecular weight excluding hydrogens is 321 g/mol. The zero-order valence-electron chi connectivity index (χ0n) is 14.0. The summed E-state index contributed by atoms with van der Waals surface area (Å²) < 4.78 is 18.9. The number of hydrogen-bond acceptors (Lipinski definition) is 3. The van der Waals surface area contributed by atoms with Crippen LogP contribution in [0.1, 0.15) is 30.1 Å². The van der Waals surface area contributed by atoms with Gasteiger partial charge in [0, 0.05) is 31.5 Å². The summed E-state index contributed by atoms with van der Waals surface area (Å²) in [5.41, 5.74) is 1.77. The fourth-order valence-corrected chi connectivity index (χ4v) is 2.97. The van der Waals surface area contributed by atoms with Crippen molar-refractivity contribution in [3.8, 4) is 0 Å². The molecule has 2 heterocycles. The van der Waals surface area contributed by atoms with Gasteiger partial charge in [0.2, 0.25) is 0 Å². The van der Waals surface area contributed by atoms with Gasteiger partial charge in [-0.25, -0.2) is 9.18 Å². The third kappa shape index (κ3) is 5.00. The highest BCUT2D eigenvalue weighted by atomic mass is 19.1. The van der Waals surface area contributed by atoms with Gasteiger partial charge in [-0.05, 0) is 42.7 Å². The average Bonchev–Trinajstić information content (AvgIpc) is 3.16. The number of halogens is 1. The first-order valence-electron chi connectivity index (χ1n) is 8.54. The van der Waals surface area contributed by atoms with E-state index in [0.717, 1.165) is 24.1 Å². The molecule has 0 spiro atoms. The number of carbonyl (C=O) groups excluding carboxylic acids is 1. The van der Waals surface area contributed by atoms with Crippen LogP contribution in [0, 0.1) is 5.82 Å². The van der Waals surface area contributed by atoms with Gasteiger partial charge in [-0.15, -0.1) is 0 Å². The maximum absolute atomic E-state index is 13.2. The van der Waals surface area contributed by atoms with E-state index in [1.54, 1.807) is 18.3 Å². The first-order valence-corrected chi connectivity index (χ1v) is 8.54. The van der Waals surface area contributed by atoms with Gasteiger partial charge in [0.15, 0.2) is 0 Å². The van der Waals surface area contributed by atoms with E-state index in [1.807, 2.05) is 18.2 Å². The highest BCUT2D eigenvalue weighted by Crippen LogP contribution is 2.27. The summed E-state index contributed by atoms with van der Waals surface area (Å²) in [4.78, 5) is 16.5. The van der Waals surface area contributed by atoms with Crippen molar-refractivity contribution >= 4 is 6.03 Å². The molecule has 1 saturated heterocycles. The van der Waals surface area contributed by atoms with Crippen LogP contribution in [0.5, 0.6) is 0 Å². The number of benzene rings is 1. The van der Waals surface area contributed by atoms with Crippen LogP contribution in [0.3, 0.4) is 0 Å². The monoisotopic (exact) mass is 343 g/mol. The molecule has 1 fully saturated rings. The summed E-state index contributed by atoms with van der Waals surface area (Å²) in [5, 5.41) is 5.81. The summed E-state index contributed by atoms with van der Waals surface area (Å²) in [5.74, 6) is -0.297. The second-order valence-electron chi connectivity index (χ2n) is 6.05. The van der Waals surface area contributed by atoms with Crippen molar-refractivity contribution in [2.45, 2.75) is 31.4 Å². The van der Waals surface area contributed by atoms with Gasteiger partial charge in [-0.2, -0.15) is 0 Å². The van der Waals surface area contributed by atoms with Crippen molar-refractivity contribution in [1.82, 2.24) is 15.6 Å². The van der Waals surface area contributed by atoms with Crippen molar-refractivity contribution in [2.24, 2.45) is 0 Å². The van der Waals surface area contributed by atoms with Crippen LogP contribution in [0.15, 0.2) is 48.7 Å². The molecule has 2 N–H and O–H groups in total. The van der Waals surface area contributed by atoms with E-state index in [2.05, 4.69) is 15.6 Å². The number of ether oxygens (including phenoxy) is 1. The molecular formula is C19H22FN3O2. The van der Waals surface area contributed by atoms with E-state index in [0.29, 0.717) is 19.6 Å². The lowest BCUT2D eigenvalue weighted by molar-refractivity contribution is 0.0807. The van der Waals surface area contributed by atoms with E-state index < -0.39 is 0 Å². The van der Waals surface area contributed by atoms with Crippen LogP contribution in [-0.4, -0.2) is 30.3 Å². The summed E-state index contributed by atoms with van der Waals surface area (Å²) in [7, 11) is 0. The Bertz CT molecular complexity index is 673. The molecule has 25 heavy (non-hydrogen) atoms. The molecule has 0 aliphatic carbocycles. The summed E-state index contributed by atoms with van der Waals surface area (Å²) in [6.45, 7) is 1.18. The fraction of sp³-hybridized carbons (Fsp3) is 0.368. The Morgan fingerprint density at radius 2 is 2.12 bits per heavy atom. The lowest BCUT2D eigenvalue weighted by Gasteiger charge is -2.25. The first-order chi connectivity index (χ1) is 12.2. The molecule has 0 bridgehead atoms. The van der Waals surface area contributed by atoms with Gasteiger partial charge in [0.05, 0.1) is 12.1 Å². The van der Waals surface area contributed by atoms with E-state index in [-0.39, 0.29) is 24.0 Å². The highest BCUT2D eigenvalue weighted by molar-refractivity contribution is 5.74. The number of nitrogens with one attached hydrogen (secondary N) is 2. The Labute approximate surface area is 146 Å². The number of pyridine rings is 1. The first kappa shape index (κ1) is 17.4. The van der Waals surface area contributed by atoms with Crippen LogP contribution in [-0.2, 0) is 11.2 Å². The Morgan fingerprint density at radius 3 is 2.80 bits per heavy atom. The summed E-state index contributed by atoms with van der Waals surface area (Å²) in [6, 6.07) is 11.3. The molecule has 2 atom stereocenters. The molecule has 6 heteroatoms. The third-order valence-electron chi connectivity index (χ3n) is 4.25. The van der Waals surface area contributed by atoms with Crippen molar-refractivity contribution in [1.29, 1.82) is 0 Å². The topological polar surface area (TPSA) is 63.2 Å². The minimum Gasteiger partial charge on any atom is -0.376 e. The standard InChI is InChI=1S/C19H22FN3O2/c20-15-8-6-14(7-9-15)18(17-5-3-13-25-17)23-19(24)22-12-10-16-4-1-2-11-21-16/h1-2,4,6-9,11,17-18H,3,5,10,12-13H2,(H2,22,23,24)/t17-,18-/m1/s1. The van der Waals surface area contributed by atoms with Crippen LogP contribution < -0.4 is 10.6 Å². The van der Waals surface area contributed by atoms with Crippen molar-refractivity contribution in [2.75, 3.05) is 13.2 Å². The maximum Gasteiger partial charge on any atom is 0.315 e. The Kier molecular flexibility index (Phi) is 5.95. The van der Waals surface area contributed by atoms with Gasteiger partial charge < -0.3 is 15.4 Å². The molecule has 0 unspecified atom stereocenters. The fourth-order valence-electron chi connectivity index (χ4n) is 2.97. The van der Waals surface area contributed by atoms with Gasteiger partial charge in [0.1, 0.15) is 5.82 Å². The maximum atomic E-state index is 13.2. The zero-order chi connectivity index (χ0) is 17.5. The number of amides is 2. The van der Waals surface area contributed by atoms with E-state index in [1.165, 1.54) is 12.1 Å². The third-order valence-corrected chi connectivity index (χ3v) is 4.25. The van der Waals surface area contributed by atoms with Gasteiger partial charge in [-0.3, -0.25) is 4.98 Å². The smallest absolute Gasteiger partial charge is 0.315 e. The van der Waals surface area contributed by atoms with Crippen LogP contribution in [0.25, 0.3) is 0 Å². The van der Waals surface area contributed by atoms with E-state index in [4.69, 9.17) is 4.74 Å². The van der Waals surface area contributed by atoms with Gasteiger partial charge in [0.25, 0.3) is 0 Å². The van der Waals surface area contributed by atoms with Crippen LogP contribution in [0.4, 0.5) is 9.18 Å². The lowest BCUT2D eigenvalue weighted by Crippen LogP contribution is -2.42. The predicted molar refractivity (Wildman–Crippen MR) is 92.6 cm³/mol. The Morgan fingerprint density at radius 1 is 1.28 bits per heavy atom. The molecule has 1 aliphatic heterocycles. The minimum absolute atomic E-state index is 0.0907. The molecule has 2 amide bonds. The largest absolute Gasteiger partial charge is 0.376 e. The number of urea groups is 1. The molecule has 5 nitrogen and oxygen atoms in total. The number of hydrogen-bond donors (Lipinski definition) is 2. The van der Waals surface area contributed by atoms with Crippen molar-refractivity contribution in [3.63, 3.8) is 0 Å². The quantitative estimate of drug-likeness (QED) is 0.847. The molecule has 2 aromatic rings. The molecule has 1 aromatic carbocycles. The second kappa shape index (κ2) is 8.58. The second-order valence-corrected chi connectivity index (χ2v) is 6.05. The Balaban J connectivity index is 1.57. The SMILES string of the molecule is O=C(NCCc1ccccn1)N[C@H](c1ccc(F)cc1)[C@H]1CCCO1. The molecule has 1 aromatic heterocycles. The minimum atomic E-state index is -0.297. The number of nitrogens with zero attached hydrogens (tertiary/aromatic N) is 1. The molecule has 0 radical (unpaired) electrons. The summed E-state index contributed by atoms with van der Waals surface area (Å²) >= 11 is 0. The molecule has 3 rings (SSSR count). The number of rotatable bonds is 6. The zero-order valence-corrected chi connectivity index (χ0v) is 14.0. The van der Waals surface area contributed by atoms with Crippen molar-refractivity contribution in [3.05, 3.63) is 65.7 Å².